The van der Waals surface area contributed by atoms with E-state index in [1.54, 1.807) is 50.6 Å². The third-order valence-corrected chi connectivity index (χ3v) is 7.30. The average molecular weight is 544 g/mol. The molecule has 0 radical (unpaired) electrons. The summed E-state index contributed by atoms with van der Waals surface area (Å²) in [6.45, 7) is 1.32. The molecule has 0 aliphatic carbocycles. The minimum Gasteiger partial charge on any atom is -0.493 e. The van der Waals surface area contributed by atoms with Crippen LogP contribution in [-0.4, -0.2) is 54.5 Å². The van der Waals surface area contributed by atoms with Crippen LogP contribution in [0.5, 0.6) is 17.2 Å². The molecule has 188 valence electrons. The Hall–Kier alpha value is -3.01. The van der Waals surface area contributed by atoms with Gasteiger partial charge in [0.15, 0.2) is 11.5 Å². The van der Waals surface area contributed by atoms with Gasteiger partial charge in [-0.1, -0.05) is 35.6 Å². The maximum atomic E-state index is 13.0. The molecule has 0 atom stereocenters. The normalized spacial score (nSPS) is 14.6. The van der Waals surface area contributed by atoms with E-state index >= 15 is 0 Å². The molecule has 10 heteroatoms. The number of fused-ring (bicyclic) bond motifs is 1. The van der Waals surface area contributed by atoms with Crippen molar-refractivity contribution in [3.05, 3.63) is 58.1 Å². The number of thiocarbonyl (C=S) groups is 1. The van der Waals surface area contributed by atoms with Gasteiger partial charge in [0.25, 0.3) is 5.91 Å². The predicted octanol–water partition coefficient (Wildman–Crippen LogP) is 6.01. The second kappa shape index (κ2) is 11.8. The number of nitrogens with zero attached hydrogens (tertiary/aromatic N) is 2. The molecule has 0 bridgehead atoms. The van der Waals surface area contributed by atoms with Crippen LogP contribution in [0.2, 0.25) is 5.02 Å². The van der Waals surface area contributed by atoms with Crippen molar-refractivity contribution in [1.82, 2.24) is 9.88 Å². The Morgan fingerprint density at radius 2 is 1.83 bits per heavy atom. The largest absolute Gasteiger partial charge is 0.493 e. The number of amides is 1. The van der Waals surface area contributed by atoms with E-state index in [2.05, 4.69) is 10.3 Å². The number of carbonyl (C=O) groups is 1. The average Bonchev–Trinajstić information content (AvgIpc) is 3.14. The molecular formula is C26H26ClN3O4S2. The van der Waals surface area contributed by atoms with Gasteiger partial charge in [-0.3, -0.25) is 14.7 Å². The van der Waals surface area contributed by atoms with Crippen LogP contribution in [0.1, 0.15) is 18.4 Å². The predicted molar refractivity (Wildman–Crippen MR) is 150 cm³/mol. The minimum atomic E-state index is -0.0938. The molecule has 4 rings (SSSR count). The Balaban J connectivity index is 1.35. The molecule has 1 saturated heterocycles. The molecule has 1 aromatic heterocycles. The van der Waals surface area contributed by atoms with Gasteiger partial charge in [0.2, 0.25) is 5.75 Å². The second-order valence-electron chi connectivity index (χ2n) is 7.95. The van der Waals surface area contributed by atoms with E-state index in [4.69, 9.17) is 38.0 Å². The summed E-state index contributed by atoms with van der Waals surface area (Å²) in [6.07, 6.45) is 5.25. The zero-order valence-electron chi connectivity index (χ0n) is 20.2. The highest BCUT2D eigenvalue weighted by molar-refractivity contribution is 8.26. The molecule has 0 unspecified atom stereocenters. The van der Waals surface area contributed by atoms with Crippen LogP contribution < -0.4 is 19.5 Å². The molecule has 7 nitrogen and oxygen atoms in total. The van der Waals surface area contributed by atoms with Crippen molar-refractivity contribution >= 4 is 68.5 Å². The van der Waals surface area contributed by atoms with Gasteiger partial charge in [0.05, 0.1) is 31.8 Å². The molecular weight excluding hydrogens is 518 g/mol. The van der Waals surface area contributed by atoms with Crippen LogP contribution in [0.3, 0.4) is 0 Å². The fourth-order valence-electron chi connectivity index (χ4n) is 3.92. The Labute approximate surface area is 224 Å². The van der Waals surface area contributed by atoms with Crippen molar-refractivity contribution in [3.8, 4) is 17.2 Å². The Morgan fingerprint density at radius 1 is 1.08 bits per heavy atom. The minimum absolute atomic E-state index is 0.0938. The van der Waals surface area contributed by atoms with Gasteiger partial charge in [-0.15, -0.1) is 0 Å². The highest BCUT2D eigenvalue weighted by Crippen LogP contribution is 2.40. The first-order valence-electron chi connectivity index (χ1n) is 11.3. The van der Waals surface area contributed by atoms with Crippen LogP contribution >= 0.6 is 35.6 Å². The number of hydrogen-bond acceptors (Lipinski definition) is 8. The third-order valence-electron chi connectivity index (χ3n) is 5.69. The lowest BCUT2D eigenvalue weighted by atomic mass is 10.1. The lowest BCUT2D eigenvalue weighted by molar-refractivity contribution is -0.122. The molecule has 0 spiro atoms. The number of rotatable bonds is 10. The summed E-state index contributed by atoms with van der Waals surface area (Å²) >= 11 is 12.9. The molecule has 1 aliphatic rings. The number of pyridine rings is 1. The van der Waals surface area contributed by atoms with Gasteiger partial charge >= 0.3 is 0 Å². The lowest BCUT2D eigenvalue weighted by Gasteiger charge is -2.15. The Bertz CT molecular complexity index is 1310. The first-order chi connectivity index (χ1) is 17.4. The summed E-state index contributed by atoms with van der Waals surface area (Å²) < 4.78 is 16.8. The molecule has 2 heterocycles. The summed E-state index contributed by atoms with van der Waals surface area (Å²) in [5, 5.41) is 5.14. The Kier molecular flexibility index (Phi) is 8.56. The maximum Gasteiger partial charge on any atom is 0.266 e. The number of methoxy groups -OCH3 is 3. The molecule has 1 amide bonds. The van der Waals surface area contributed by atoms with Gasteiger partial charge in [-0.2, -0.15) is 0 Å². The van der Waals surface area contributed by atoms with Gasteiger partial charge in [0.1, 0.15) is 4.32 Å². The van der Waals surface area contributed by atoms with Crippen molar-refractivity contribution in [3.63, 3.8) is 0 Å². The van der Waals surface area contributed by atoms with Crippen molar-refractivity contribution in [2.45, 2.75) is 12.8 Å². The molecule has 1 fully saturated rings. The van der Waals surface area contributed by atoms with E-state index in [0.29, 0.717) is 38.0 Å². The summed E-state index contributed by atoms with van der Waals surface area (Å²) in [5.74, 6) is 1.46. The number of hydrogen-bond donors (Lipinski definition) is 1. The van der Waals surface area contributed by atoms with E-state index in [-0.39, 0.29) is 5.91 Å². The van der Waals surface area contributed by atoms with Crippen LogP contribution in [-0.2, 0) is 4.79 Å². The number of unbranched alkanes of at least 4 members (excludes halogenated alkanes) is 1. The topological polar surface area (TPSA) is 72.9 Å². The molecule has 36 heavy (non-hydrogen) atoms. The number of benzene rings is 2. The third kappa shape index (κ3) is 5.69. The molecule has 1 N–H and O–H groups in total. The van der Waals surface area contributed by atoms with E-state index < -0.39 is 0 Å². The number of anilines is 1. The highest BCUT2D eigenvalue weighted by Gasteiger charge is 2.31. The van der Waals surface area contributed by atoms with Crippen molar-refractivity contribution < 1.29 is 19.0 Å². The van der Waals surface area contributed by atoms with E-state index in [1.165, 1.54) is 11.8 Å². The van der Waals surface area contributed by atoms with Gasteiger partial charge in [-0.25, -0.2) is 0 Å². The van der Waals surface area contributed by atoms with Crippen molar-refractivity contribution in [2.75, 3.05) is 39.7 Å². The molecule has 2 aromatic carbocycles. The fourth-order valence-corrected chi connectivity index (χ4v) is 5.40. The van der Waals surface area contributed by atoms with Crippen LogP contribution in [0.25, 0.3) is 17.0 Å². The van der Waals surface area contributed by atoms with E-state index in [9.17, 15) is 4.79 Å². The van der Waals surface area contributed by atoms with Gasteiger partial charge < -0.3 is 19.5 Å². The first-order valence-corrected chi connectivity index (χ1v) is 12.9. The number of ether oxygens (including phenoxy) is 3. The maximum absolute atomic E-state index is 13.0. The number of halogens is 1. The van der Waals surface area contributed by atoms with Crippen LogP contribution in [0, 0.1) is 0 Å². The van der Waals surface area contributed by atoms with Crippen molar-refractivity contribution in [2.24, 2.45) is 0 Å². The first kappa shape index (κ1) is 26.1. The quantitative estimate of drug-likeness (QED) is 0.189. The summed E-state index contributed by atoms with van der Waals surface area (Å²) in [7, 11) is 4.67. The van der Waals surface area contributed by atoms with Gasteiger partial charge in [-0.05, 0) is 60.9 Å². The lowest BCUT2D eigenvalue weighted by Crippen LogP contribution is -2.29. The second-order valence-corrected chi connectivity index (χ2v) is 10.1. The van der Waals surface area contributed by atoms with Crippen LogP contribution in [0.15, 0.2) is 47.5 Å². The van der Waals surface area contributed by atoms with E-state index in [1.807, 2.05) is 24.3 Å². The highest BCUT2D eigenvalue weighted by atomic mass is 35.5. The van der Waals surface area contributed by atoms with E-state index in [0.717, 1.165) is 41.5 Å². The summed E-state index contributed by atoms with van der Waals surface area (Å²) in [6, 6.07) is 11.2. The van der Waals surface area contributed by atoms with Crippen molar-refractivity contribution in [1.29, 1.82) is 0 Å². The fraction of sp³-hybridized carbons (Fsp3) is 0.269. The monoisotopic (exact) mass is 543 g/mol. The standard InChI is InChI=1S/C26H26ClN3O4S2/c1-32-21-12-16(13-22(33-2)24(21)34-3)14-23-25(31)30(26(35)36-23)11-5-4-9-28-19-8-10-29-20-15-17(27)6-7-18(19)20/h6-8,10,12-15H,4-5,9,11H2,1-3H3,(H,28,29)/b23-14-. The number of carbonyl (C=O) groups excluding carboxylic acids is 1. The molecule has 1 aliphatic heterocycles. The zero-order chi connectivity index (χ0) is 25.7. The summed E-state index contributed by atoms with van der Waals surface area (Å²) in [4.78, 5) is 19.6. The number of aromatic nitrogens is 1. The number of thioether (sulfide) groups is 1. The Morgan fingerprint density at radius 3 is 2.53 bits per heavy atom. The smallest absolute Gasteiger partial charge is 0.266 e. The number of nitrogens with one attached hydrogen (secondary N) is 1. The zero-order valence-corrected chi connectivity index (χ0v) is 22.6. The van der Waals surface area contributed by atoms with Crippen LogP contribution in [0.4, 0.5) is 5.69 Å². The molecule has 3 aromatic rings. The SMILES string of the molecule is COc1cc(/C=C2\SC(=S)N(CCCCNc3ccnc4cc(Cl)ccc34)C2=O)cc(OC)c1OC. The molecule has 0 saturated carbocycles. The van der Waals surface area contributed by atoms with Gasteiger partial charge in [0, 0.05) is 35.4 Å². The summed E-state index contributed by atoms with van der Waals surface area (Å²) in [5.41, 5.74) is 2.62.